The first kappa shape index (κ1) is 22.5. The van der Waals surface area contributed by atoms with Crippen LogP contribution in [0, 0.1) is 0 Å². The molecule has 0 radical (unpaired) electrons. The number of aliphatic imine (C=N–C) groups is 1. The molecule has 0 aliphatic carbocycles. The highest BCUT2D eigenvalue weighted by Gasteiger charge is 2.28. The standard InChI is InChI=1S/C22H33N3O2S/c1-21(2,3)15-11-14(12-16(18(15)26)22(4,5)6)13-17-19(27)24-20(28-17)23-9-10-25(7)8/h11-13,26H,9-10H2,1-8H3,(H,23,24,27)/b17-13-. The van der Waals surface area contributed by atoms with E-state index in [1.807, 2.05) is 32.3 Å². The SMILES string of the molecule is CN(C)CCN=C1NC(=O)/C(=C/c2cc(C(C)(C)C)c(O)c(C(C)(C)C)c2)S1. The predicted octanol–water partition coefficient (Wildman–Crippen LogP) is 4.11. The quantitative estimate of drug-likeness (QED) is 0.743. The van der Waals surface area contributed by atoms with Crippen LogP contribution in [0.1, 0.15) is 58.2 Å². The van der Waals surface area contributed by atoms with E-state index in [4.69, 9.17) is 0 Å². The zero-order valence-electron chi connectivity index (χ0n) is 18.3. The molecular weight excluding hydrogens is 370 g/mol. The average molecular weight is 404 g/mol. The number of rotatable bonds is 4. The van der Waals surface area contributed by atoms with E-state index in [2.05, 4.69) is 56.8 Å². The second-order valence-electron chi connectivity index (χ2n) is 9.52. The highest BCUT2D eigenvalue weighted by molar-refractivity contribution is 8.18. The minimum Gasteiger partial charge on any atom is -0.507 e. The maximum Gasteiger partial charge on any atom is 0.264 e. The number of benzene rings is 1. The molecule has 0 aromatic heterocycles. The monoisotopic (exact) mass is 403 g/mol. The molecular formula is C22H33N3O2S. The molecule has 1 aromatic rings. The number of carbonyl (C=O) groups is 1. The van der Waals surface area contributed by atoms with Gasteiger partial charge in [0.15, 0.2) is 5.17 Å². The van der Waals surface area contributed by atoms with Gasteiger partial charge in [0, 0.05) is 17.7 Å². The van der Waals surface area contributed by atoms with Crippen molar-refractivity contribution in [2.24, 2.45) is 4.99 Å². The number of thioether (sulfide) groups is 1. The Morgan fingerprint density at radius 2 is 1.64 bits per heavy atom. The highest BCUT2D eigenvalue weighted by Crippen LogP contribution is 2.40. The molecule has 1 heterocycles. The number of likely N-dealkylation sites (N-methyl/N-ethyl adjacent to an activating group) is 1. The van der Waals surface area contributed by atoms with Crippen molar-refractivity contribution in [1.82, 2.24) is 10.2 Å². The number of nitrogens with zero attached hydrogens (tertiary/aromatic N) is 2. The van der Waals surface area contributed by atoms with Crippen LogP contribution in [0.4, 0.5) is 0 Å². The van der Waals surface area contributed by atoms with Crippen molar-refractivity contribution in [1.29, 1.82) is 0 Å². The zero-order valence-corrected chi connectivity index (χ0v) is 19.1. The molecule has 5 nitrogen and oxygen atoms in total. The first-order valence-corrected chi connectivity index (χ1v) is 10.4. The second-order valence-corrected chi connectivity index (χ2v) is 10.6. The van der Waals surface area contributed by atoms with E-state index in [0.717, 1.165) is 23.2 Å². The molecule has 0 spiro atoms. The van der Waals surface area contributed by atoms with E-state index in [-0.39, 0.29) is 16.7 Å². The maximum atomic E-state index is 12.4. The Kier molecular flexibility index (Phi) is 6.66. The van der Waals surface area contributed by atoms with Crippen molar-refractivity contribution >= 4 is 28.9 Å². The maximum absolute atomic E-state index is 12.4. The van der Waals surface area contributed by atoms with Gasteiger partial charge in [-0.1, -0.05) is 41.5 Å². The number of hydrogen-bond donors (Lipinski definition) is 2. The molecule has 1 aliphatic rings. The third kappa shape index (κ3) is 5.61. The number of carbonyl (C=O) groups excluding carboxylic acids is 1. The van der Waals surface area contributed by atoms with Gasteiger partial charge in [0.2, 0.25) is 0 Å². The smallest absolute Gasteiger partial charge is 0.264 e. The zero-order chi connectivity index (χ0) is 21.3. The fraction of sp³-hybridized carbons (Fsp3) is 0.545. The van der Waals surface area contributed by atoms with Crippen molar-refractivity contribution in [3.63, 3.8) is 0 Å². The first-order chi connectivity index (χ1) is 12.8. The Morgan fingerprint density at radius 1 is 1.11 bits per heavy atom. The van der Waals surface area contributed by atoms with Gasteiger partial charge < -0.3 is 15.3 Å². The van der Waals surface area contributed by atoms with E-state index >= 15 is 0 Å². The molecule has 1 aliphatic heterocycles. The summed E-state index contributed by atoms with van der Waals surface area (Å²) in [5.41, 5.74) is 2.27. The van der Waals surface area contributed by atoms with Crippen LogP contribution in [0.2, 0.25) is 0 Å². The van der Waals surface area contributed by atoms with Crippen LogP contribution >= 0.6 is 11.8 Å². The number of nitrogens with one attached hydrogen (secondary N) is 1. The Balaban J connectivity index is 2.41. The van der Waals surface area contributed by atoms with Gasteiger partial charge in [0.05, 0.1) is 11.4 Å². The van der Waals surface area contributed by atoms with Crippen LogP contribution < -0.4 is 5.32 Å². The molecule has 6 heteroatoms. The van der Waals surface area contributed by atoms with Crippen LogP contribution in [0.3, 0.4) is 0 Å². The molecule has 2 N–H and O–H groups in total. The topological polar surface area (TPSA) is 64.9 Å². The Bertz CT molecular complexity index is 777. The third-order valence-electron chi connectivity index (χ3n) is 4.50. The number of amides is 1. The number of phenolic OH excluding ortho intramolecular Hbond substituents is 1. The lowest BCUT2D eigenvalue weighted by atomic mass is 9.78. The van der Waals surface area contributed by atoms with Gasteiger partial charge in [-0.2, -0.15) is 0 Å². The summed E-state index contributed by atoms with van der Waals surface area (Å²) in [5, 5.41) is 14.3. The molecule has 0 unspecified atom stereocenters. The fourth-order valence-corrected chi connectivity index (χ4v) is 3.73. The van der Waals surface area contributed by atoms with Crippen LogP contribution in [0.5, 0.6) is 5.75 Å². The van der Waals surface area contributed by atoms with Gasteiger partial charge in [-0.25, -0.2) is 0 Å². The Labute approximate surface area is 173 Å². The van der Waals surface area contributed by atoms with Gasteiger partial charge in [-0.3, -0.25) is 9.79 Å². The van der Waals surface area contributed by atoms with E-state index < -0.39 is 0 Å². The Morgan fingerprint density at radius 3 is 2.11 bits per heavy atom. The summed E-state index contributed by atoms with van der Waals surface area (Å²) >= 11 is 1.37. The van der Waals surface area contributed by atoms with Crippen LogP contribution in [-0.4, -0.2) is 48.3 Å². The van der Waals surface area contributed by atoms with Gasteiger partial charge in [-0.15, -0.1) is 0 Å². The number of hydrogen-bond acceptors (Lipinski definition) is 5. The summed E-state index contributed by atoms with van der Waals surface area (Å²) < 4.78 is 0. The predicted molar refractivity (Wildman–Crippen MR) is 120 cm³/mol. The fourth-order valence-electron chi connectivity index (χ4n) is 2.89. The molecule has 0 saturated carbocycles. The van der Waals surface area contributed by atoms with Gasteiger partial charge >= 0.3 is 0 Å². The lowest BCUT2D eigenvalue weighted by Gasteiger charge is -2.28. The van der Waals surface area contributed by atoms with E-state index in [1.54, 1.807) is 0 Å². The van der Waals surface area contributed by atoms with Crippen molar-refractivity contribution in [3.05, 3.63) is 33.7 Å². The number of amidine groups is 1. The Hall–Kier alpha value is -1.79. The molecule has 28 heavy (non-hydrogen) atoms. The van der Waals surface area contributed by atoms with E-state index in [1.165, 1.54) is 11.8 Å². The first-order valence-electron chi connectivity index (χ1n) is 9.57. The molecule has 1 fully saturated rings. The second kappa shape index (κ2) is 8.29. The minimum atomic E-state index is -0.206. The molecule has 1 aromatic carbocycles. The van der Waals surface area contributed by atoms with Crippen molar-refractivity contribution in [2.45, 2.75) is 52.4 Å². The summed E-state index contributed by atoms with van der Waals surface area (Å²) in [5.74, 6) is 0.216. The normalized spacial score (nSPS) is 18.4. The molecule has 0 bridgehead atoms. The number of phenols is 1. The summed E-state index contributed by atoms with van der Waals surface area (Å²) in [6, 6.07) is 3.96. The molecule has 0 atom stereocenters. The van der Waals surface area contributed by atoms with Crippen LogP contribution in [0.25, 0.3) is 6.08 Å². The van der Waals surface area contributed by atoms with Crippen LogP contribution in [-0.2, 0) is 15.6 Å². The largest absolute Gasteiger partial charge is 0.507 e. The summed E-state index contributed by atoms with van der Waals surface area (Å²) in [7, 11) is 3.99. The van der Waals surface area contributed by atoms with E-state index in [0.29, 0.717) is 22.4 Å². The van der Waals surface area contributed by atoms with Crippen molar-refractivity contribution in [2.75, 3.05) is 27.2 Å². The van der Waals surface area contributed by atoms with Crippen molar-refractivity contribution in [3.8, 4) is 5.75 Å². The molecule has 1 saturated heterocycles. The summed E-state index contributed by atoms with van der Waals surface area (Å²) in [6.07, 6.45) is 1.89. The van der Waals surface area contributed by atoms with Gasteiger partial charge in [-0.05, 0) is 60.5 Å². The molecule has 154 valence electrons. The lowest BCUT2D eigenvalue weighted by molar-refractivity contribution is -0.115. The van der Waals surface area contributed by atoms with Crippen LogP contribution in [0.15, 0.2) is 22.0 Å². The summed E-state index contributed by atoms with van der Waals surface area (Å²) in [6.45, 7) is 14.0. The van der Waals surface area contributed by atoms with E-state index in [9.17, 15) is 9.90 Å². The average Bonchev–Trinajstić information content (AvgIpc) is 2.86. The van der Waals surface area contributed by atoms with Crippen molar-refractivity contribution < 1.29 is 9.90 Å². The lowest BCUT2D eigenvalue weighted by Crippen LogP contribution is -2.22. The van der Waals surface area contributed by atoms with Gasteiger partial charge in [0.25, 0.3) is 5.91 Å². The summed E-state index contributed by atoms with van der Waals surface area (Å²) in [4.78, 5) is 19.5. The third-order valence-corrected chi connectivity index (χ3v) is 5.45. The van der Waals surface area contributed by atoms with Gasteiger partial charge in [0.1, 0.15) is 5.75 Å². The molecule has 2 rings (SSSR count). The minimum absolute atomic E-state index is 0.128. The molecule has 1 amide bonds. The number of aromatic hydroxyl groups is 1. The highest BCUT2D eigenvalue weighted by atomic mass is 32.2.